The Kier molecular flexibility index (Phi) is 14.5. The molecule has 6 heteroatoms. The fraction of sp³-hybridized carbons (Fsp3) is 0.950. The molecule has 4 saturated carbocycles. The monoisotopic (exact) mass is 647 g/mol. The van der Waals surface area contributed by atoms with E-state index in [1.165, 1.54) is 64.2 Å². The highest BCUT2D eigenvalue weighted by molar-refractivity contribution is 5.85. The van der Waals surface area contributed by atoms with Gasteiger partial charge in [0.05, 0.1) is 18.3 Å². The van der Waals surface area contributed by atoms with Gasteiger partial charge in [0.1, 0.15) is 0 Å². The molecule has 46 heavy (non-hydrogen) atoms. The van der Waals surface area contributed by atoms with Crippen LogP contribution in [-0.2, 0) is 14.3 Å². The number of fused-ring (bicyclic) bond motifs is 5. The number of hydrogen-bond donors (Lipinski definition) is 3. The maximum atomic E-state index is 12.6. The van der Waals surface area contributed by atoms with E-state index in [1.807, 2.05) is 0 Å². The average molecular weight is 647 g/mol. The zero-order valence-electron chi connectivity index (χ0n) is 30.0. The van der Waals surface area contributed by atoms with Crippen molar-refractivity contribution in [1.29, 1.82) is 0 Å². The Hall–Kier alpha value is -0.980. The van der Waals surface area contributed by atoms with Crippen molar-refractivity contribution >= 4 is 11.9 Å². The normalized spacial score (nSPS) is 37.6. The predicted molar refractivity (Wildman–Crippen MR) is 184 cm³/mol. The number of carbonyl (C=O) groups is 2. The number of aliphatic hydroxyl groups is 3. The third-order valence-electron chi connectivity index (χ3n) is 14.0. The van der Waals surface area contributed by atoms with Crippen LogP contribution in [0.5, 0.6) is 0 Å². The van der Waals surface area contributed by atoms with E-state index in [-0.39, 0.29) is 59.0 Å². The van der Waals surface area contributed by atoms with Gasteiger partial charge in [0.15, 0.2) is 0 Å². The minimum atomic E-state index is -0.433. The molecule has 0 aromatic rings. The summed E-state index contributed by atoms with van der Waals surface area (Å²) in [4.78, 5) is 24.9. The molecule has 266 valence electrons. The quantitative estimate of drug-likeness (QED) is 0.0780. The summed E-state index contributed by atoms with van der Waals surface area (Å²) < 4.78 is 5.20. The summed E-state index contributed by atoms with van der Waals surface area (Å²) in [5.41, 5.74) is -0.217. The summed E-state index contributed by atoms with van der Waals surface area (Å²) in [7, 11) is 0. The molecule has 0 spiro atoms. The smallest absolute Gasteiger partial charge is 0.313 e. The number of ether oxygens (including phenoxy) is 1. The molecule has 0 aliphatic heterocycles. The maximum Gasteiger partial charge on any atom is 0.313 e. The molecule has 0 amide bonds. The van der Waals surface area contributed by atoms with Gasteiger partial charge in [0.25, 0.3) is 0 Å². The Balaban J connectivity index is 1.14. The van der Waals surface area contributed by atoms with Crippen LogP contribution in [0.15, 0.2) is 0 Å². The van der Waals surface area contributed by atoms with Crippen LogP contribution in [0.2, 0.25) is 0 Å². The molecule has 4 aliphatic rings. The van der Waals surface area contributed by atoms with Crippen molar-refractivity contribution in [2.75, 3.05) is 0 Å². The predicted octanol–water partition coefficient (Wildman–Crippen LogP) is 8.92. The lowest BCUT2D eigenvalue weighted by molar-refractivity contribution is -0.207. The number of aliphatic hydroxyl groups excluding tert-OH is 3. The van der Waals surface area contributed by atoms with Crippen LogP contribution in [0, 0.1) is 46.3 Å². The van der Waals surface area contributed by atoms with Crippen LogP contribution < -0.4 is 0 Å². The summed E-state index contributed by atoms with van der Waals surface area (Å²) in [5, 5.41) is 33.6. The van der Waals surface area contributed by atoms with Gasteiger partial charge >= 0.3 is 11.9 Å². The highest BCUT2D eigenvalue weighted by atomic mass is 16.6. The molecular formula is C40H70O6. The van der Waals surface area contributed by atoms with Crippen molar-refractivity contribution in [1.82, 2.24) is 0 Å². The lowest BCUT2D eigenvalue weighted by atomic mass is 9.43. The van der Waals surface area contributed by atoms with Crippen LogP contribution in [0.3, 0.4) is 0 Å². The van der Waals surface area contributed by atoms with Crippen molar-refractivity contribution in [3.63, 3.8) is 0 Å². The Morgan fingerprint density at radius 2 is 1.33 bits per heavy atom. The minimum Gasteiger partial charge on any atom is -0.393 e. The van der Waals surface area contributed by atoms with Gasteiger partial charge < -0.3 is 20.1 Å². The molecule has 6 nitrogen and oxygen atoms in total. The summed E-state index contributed by atoms with van der Waals surface area (Å²) >= 11 is 0. The second kappa shape index (κ2) is 17.6. The van der Waals surface area contributed by atoms with Gasteiger partial charge in [-0.3, -0.25) is 9.59 Å². The number of carbonyl (C=O) groups excluding carboxylic acids is 2. The maximum absolute atomic E-state index is 12.6. The molecule has 0 aromatic heterocycles. The van der Waals surface area contributed by atoms with Crippen LogP contribution in [0.1, 0.15) is 175 Å². The number of unbranched alkanes of at least 4 members (excludes halogenated alkanes) is 12. The van der Waals surface area contributed by atoms with Gasteiger partial charge in [-0.1, -0.05) is 105 Å². The van der Waals surface area contributed by atoms with E-state index in [0.29, 0.717) is 18.8 Å². The van der Waals surface area contributed by atoms with E-state index in [0.717, 1.165) is 64.2 Å². The molecule has 0 unspecified atom stereocenters. The molecule has 4 fully saturated rings. The topological polar surface area (TPSA) is 104 Å². The first kappa shape index (κ1) is 37.8. The third-order valence-corrected chi connectivity index (χ3v) is 14.0. The van der Waals surface area contributed by atoms with Gasteiger partial charge in [0, 0.05) is 12.8 Å². The Bertz CT molecular complexity index is 952. The highest BCUT2D eigenvalue weighted by Gasteiger charge is 2.65. The highest BCUT2D eigenvalue weighted by Crippen LogP contribution is 2.68. The van der Waals surface area contributed by atoms with E-state index in [2.05, 4.69) is 27.7 Å². The molecule has 0 radical (unpaired) electrons. The Morgan fingerprint density at radius 3 is 1.96 bits per heavy atom. The number of hydrogen-bond acceptors (Lipinski definition) is 6. The van der Waals surface area contributed by atoms with E-state index >= 15 is 0 Å². The van der Waals surface area contributed by atoms with E-state index < -0.39 is 18.0 Å². The zero-order chi connectivity index (χ0) is 33.3. The number of rotatable bonds is 18. The fourth-order valence-electron chi connectivity index (χ4n) is 11.2. The first-order chi connectivity index (χ1) is 22.0. The summed E-state index contributed by atoms with van der Waals surface area (Å²) in [6.45, 7) is 9.06. The first-order valence-corrected chi connectivity index (χ1v) is 19.8. The van der Waals surface area contributed by atoms with Crippen molar-refractivity contribution in [3.8, 4) is 0 Å². The Morgan fingerprint density at radius 1 is 0.739 bits per heavy atom. The van der Waals surface area contributed by atoms with Crippen molar-refractivity contribution in [2.24, 2.45) is 46.3 Å². The van der Waals surface area contributed by atoms with Gasteiger partial charge in [-0.25, -0.2) is 0 Å². The van der Waals surface area contributed by atoms with E-state index in [1.54, 1.807) is 0 Å². The summed E-state index contributed by atoms with van der Waals surface area (Å²) in [6.07, 6.45) is 22.5. The summed E-state index contributed by atoms with van der Waals surface area (Å²) in [6, 6.07) is 0. The number of esters is 2. The van der Waals surface area contributed by atoms with Gasteiger partial charge in [0.2, 0.25) is 0 Å². The lowest BCUT2D eigenvalue weighted by Crippen LogP contribution is -2.62. The van der Waals surface area contributed by atoms with Gasteiger partial charge in [-0.2, -0.15) is 0 Å². The zero-order valence-corrected chi connectivity index (χ0v) is 30.0. The molecular weight excluding hydrogens is 576 g/mol. The second-order valence-corrected chi connectivity index (χ2v) is 16.9. The van der Waals surface area contributed by atoms with Gasteiger partial charge in [-0.05, 0) is 104 Å². The molecule has 0 saturated heterocycles. The molecule has 11 atom stereocenters. The molecule has 3 N–H and O–H groups in total. The lowest BCUT2D eigenvalue weighted by Gasteiger charge is -2.63. The van der Waals surface area contributed by atoms with E-state index in [9.17, 15) is 24.9 Å². The van der Waals surface area contributed by atoms with Crippen LogP contribution in [-0.4, -0.2) is 45.6 Å². The van der Waals surface area contributed by atoms with Crippen molar-refractivity contribution < 1.29 is 29.6 Å². The fourth-order valence-corrected chi connectivity index (χ4v) is 11.2. The SMILES string of the molecule is CCCCCCCCCCCCCCCC(=O)OC(=O)CC[C@@H](C)[C@H]1CC[C@H]2[C@@H]3[C@H](O)C[C@@H]4C[C@H](O)CC[C@]4(C)[C@H]3C[C@H](O)[C@]12C. The third kappa shape index (κ3) is 8.97. The molecule has 4 aliphatic carbocycles. The molecule has 0 aromatic carbocycles. The van der Waals surface area contributed by atoms with Crippen LogP contribution in [0.4, 0.5) is 0 Å². The standard InChI is InChI=1S/C40H70O6/c1-5-6-7-8-9-10-11-12-13-14-15-16-17-18-36(44)46-37(45)22-19-28(2)31-20-21-32-38-33(27-35(43)40(31,32)4)39(3)24-23-30(41)25-29(39)26-34(38)42/h28-35,38,41-43H,5-27H2,1-4H3/t28-,29+,30-,31-,32+,33+,34-,35+,38+,39+,40-/m1/s1. The van der Waals surface area contributed by atoms with E-state index in [4.69, 9.17) is 4.74 Å². The average Bonchev–Trinajstić information content (AvgIpc) is 3.38. The van der Waals surface area contributed by atoms with Crippen molar-refractivity contribution in [3.05, 3.63) is 0 Å². The minimum absolute atomic E-state index is 0.0678. The Labute approximate surface area is 281 Å². The molecule has 0 bridgehead atoms. The largest absolute Gasteiger partial charge is 0.393 e. The van der Waals surface area contributed by atoms with Gasteiger partial charge in [-0.15, -0.1) is 0 Å². The molecule has 0 heterocycles. The van der Waals surface area contributed by atoms with Crippen molar-refractivity contribution in [2.45, 2.75) is 194 Å². The first-order valence-electron chi connectivity index (χ1n) is 19.8. The summed E-state index contributed by atoms with van der Waals surface area (Å²) in [5.74, 6) is 0.738. The van der Waals surface area contributed by atoms with Crippen LogP contribution >= 0.6 is 0 Å². The second-order valence-electron chi connectivity index (χ2n) is 16.9. The molecule has 4 rings (SSSR count). The van der Waals surface area contributed by atoms with Crippen LogP contribution in [0.25, 0.3) is 0 Å².